The van der Waals surface area contributed by atoms with Gasteiger partial charge < -0.3 is 5.11 Å². The van der Waals surface area contributed by atoms with Crippen LogP contribution in [0.4, 0.5) is 0 Å². The maximum atomic E-state index is 9.86. The monoisotopic (exact) mass is 224 g/mol. The molecule has 0 aliphatic carbocycles. The average Bonchev–Trinajstić information content (AvgIpc) is 2.25. The molecule has 0 aliphatic rings. The Kier molecular flexibility index (Phi) is 5.20. The molecule has 0 amide bonds. The van der Waals surface area contributed by atoms with Gasteiger partial charge in [0.15, 0.2) is 0 Å². The van der Waals surface area contributed by atoms with Gasteiger partial charge in [-0.15, -0.1) is 11.8 Å². The molecule has 0 aromatic heterocycles. The van der Waals surface area contributed by atoms with Crippen LogP contribution in [-0.2, 0) is 0 Å². The zero-order chi connectivity index (χ0) is 11.3. The topological polar surface area (TPSA) is 20.2 Å². The molecule has 1 nitrogen and oxygen atoms in total. The van der Waals surface area contributed by atoms with E-state index in [9.17, 15) is 5.11 Å². The first kappa shape index (κ1) is 12.6. The highest BCUT2D eigenvalue weighted by Crippen LogP contribution is 2.29. The zero-order valence-electron chi connectivity index (χ0n) is 9.73. The number of aliphatic hydroxyl groups is 1. The van der Waals surface area contributed by atoms with Crippen molar-refractivity contribution in [2.75, 3.05) is 5.75 Å². The standard InChI is InChI=1S/C13H20OS/c1-4-12(14)11-7-5-6-8-13(11)15-9-10(2)3/h5-8,10,12,14H,4,9H2,1-3H3/t12-/m1/s1. The highest BCUT2D eigenvalue weighted by molar-refractivity contribution is 7.99. The van der Waals surface area contributed by atoms with Crippen molar-refractivity contribution in [3.63, 3.8) is 0 Å². The fourth-order valence-corrected chi connectivity index (χ4v) is 2.42. The van der Waals surface area contributed by atoms with Crippen molar-refractivity contribution in [2.24, 2.45) is 5.92 Å². The van der Waals surface area contributed by atoms with Gasteiger partial charge in [-0.1, -0.05) is 39.0 Å². The lowest BCUT2D eigenvalue weighted by molar-refractivity contribution is 0.171. The van der Waals surface area contributed by atoms with Gasteiger partial charge >= 0.3 is 0 Å². The third-order valence-electron chi connectivity index (χ3n) is 2.24. The lowest BCUT2D eigenvalue weighted by atomic mass is 10.1. The van der Waals surface area contributed by atoms with Gasteiger partial charge in [-0.2, -0.15) is 0 Å². The van der Waals surface area contributed by atoms with Gasteiger partial charge in [-0.05, 0) is 24.0 Å². The molecule has 0 spiro atoms. The van der Waals surface area contributed by atoms with E-state index in [4.69, 9.17) is 0 Å². The molecule has 1 N–H and O–H groups in total. The van der Waals surface area contributed by atoms with E-state index in [1.165, 1.54) is 4.90 Å². The van der Waals surface area contributed by atoms with E-state index < -0.39 is 0 Å². The van der Waals surface area contributed by atoms with Crippen molar-refractivity contribution in [2.45, 2.75) is 38.2 Å². The summed E-state index contributed by atoms with van der Waals surface area (Å²) < 4.78 is 0. The molecule has 0 aliphatic heterocycles. The third-order valence-corrected chi connectivity index (χ3v) is 3.75. The van der Waals surface area contributed by atoms with E-state index in [2.05, 4.69) is 19.9 Å². The van der Waals surface area contributed by atoms with E-state index in [1.54, 1.807) is 0 Å². The number of benzene rings is 1. The molecule has 2 heteroatoms. The lowest BCUT2D eigenvalue weighted by Crippen LogP contribution is -1.98. The lowest BCUT2D eigenvalue weighted by Gasteiger charge is -2.14. The van der Waals surface area contributed by atoms with Gasteiger partial charge in [0.1, 0.15) is 0 Å². The zero-order valence-corrected chi connectivity index (χ0v) is 10.6. The van der Waals surface area contributed by atoms with Crippen LogP contribution >= 0.6 is 11.8 Å². The first-order valence-corrected chi connectivity index (χ1v) is 6.53. The number of thioether (sulfide) groups is 1. The minimum atomic E-state index is -0.319. The van der Waals surface area contributed by atoms with Gasteiger partial charge in [-0.25, -0.2) is 0 Å². The van der Waals surface area contributed by atoms with Crippen LogP contribution in [0.5, 0.6) is 0 Å². The highest BCUT2D eigenvalue weighted by Gasteiger charge is 2.10. The van der Waals surface area contributed by atoms with Crippen LogP contribution in [0.2, 0.25) is 0 Å². The summed E-state index contributed by atoms with van der Waals surface area (Å²) in [6.45, 7) is 6.44. The summed E-state index contributed by atoms with van der Waals surface area (Å²) >= 11 is 1.84. The Hall–Kier alpha value is -0.470. The minimum absolute atomic E-state index is 0.319. The summed E-state index contributed by atoms with van der Waals surface area (Å²) in [4.78, 5) is 1.22. The van der Waals surface area contributed by atoms with Crippen LogP contribution in [0, 0.1) is 5.92 Å². The Balaban J connectivity index is 2.77. The molecule has 0 saturated heterocycles. The van der Waals surface area contributed by atoms with E-state index >= 15 is 0 Å². The Morgan fingerprint density at radius 1 is 1.27 bits per heavy atom. The van der Waals surface area contributed by atoms with E-state index in [0.717, 1.165) is 17.7 Å². The van der Waals surface area contributed by atoms with Crippen LogP contribution < -0.4 is 0 Å². The van der Waals surface area contributed by atoms with Crippen LogP contribution in [-0.4, -0.2) is 10.9 Å². The van der Waals surface area contributed by atoms with Crippen LogP contribution in [0.15, 0.2) is 29.2 Å². The number of hydrogen-bond donors (Lipinski definition) is 1. The Morgan fingerprint density at radius 3 is 2.53 bits per heavy atom. The number of aliphatic hydroxyl groups excluding tert-OH is 1. The van der Waals surface area contributed by atoms with Gasteiger partial charge in [0, 0.05) is 10.6 Å². The Labute approximate surface area is 96.9 Å². The Bertz CT molecular complexity index is 296. The van der Waals surface area contributed by atoms with Crippen molar-refractivity contribution in [3.8, 4) is 0 Å². The average molecular weight is 224 g/mol. The summed E-state index contributed by atoms with van der Waals surface area (Å²) in [6.07, 6.45) is 0.458. The largest absolute Gasteiger partial charge is 0.388 e. The van der Waals surface area contributed by atoms with Crippen LogP contribution in [0.1, 0.15) is 38.9 Å². The third kappa shape index (κ3) is 3.88. The van der Waals surface area contributed by atoms with Crippen molar-refractivity contribution >= 4 is 11.8 Å². The van der Waals surface area contributed by atoms with Gasteiger partial charge in [0.25, 0.3) is 0 Å². The van der Waals surface area contributed by atoms with Crippen molar-refractivity contribution < 1.29 is 5.11 Å². The normalized spacial score (nSPS) is 13.1. The predicted molar refractivity (Wildman–Crippen MR) is 67.3 cm³/mol. The first-order chi connectivity index (χ1) is 7.15. The minimum Gasteiger partial charge on any atom is -0.388 e. The Morgan fingerprint density at radius 2 is 1.93 bits per heavy atom. The predicted octanol–water partition coefficient (Wildman–Crippen LogP) is 3.88. The SMILES string of the molecule is CC[C@@H](O)c1ccccc1SCC(C)C. The van der Waals surface area contributed by atoms with Crippen molar-refractivity contribution in [3.05, 3.63) is 29.8 Å². The summed E-state index contributed by atoms with van der Waals surface area (Å²) in [6, 6.07) is 8.15. The molecule has 1 atom stereocenters. The molecule has 0 fully saturated rings. The van der Waals surface area contributed by atoms with Crippen molar-refractivity contribution in [1.29, 1.82) is 0 Å². The molecule has 0 radical (unpaired) electrons. The maximum absolute atomic E-state index is 9.86. The van der Waals surface area contributed by atoms with E-state index in [1.807, 2.05) is 36.9 Å². The smallest absolute Gasteiger partial charge is 0.0798 e. The second-order valence-corrected chi connectivity index (χ2v) is 5.23. The maximum Gasteiger partial charge on any atom is 0.0798 e. The summed E-state index contributed by atoms with van der Waals surface area (Å²) in [5, 5.41) is 9.86. The van der Waals surface area contributed by atoms with Gasteiger partial charge in [0.05, 0.1) is 6.10 Å². The molecule has 1 aromatic rings. The molecule has 0 bridgehead atoms. The first-order valence-electron chi connectivity index (χ1n) is 5.55. The van der Waals surface area contributed by atoms with E-state index in [-0.39, 0.29) is 6.10 Å². The van der Waals surface area contributed by atoms with Gasteiger partial charge in [-0.3, -0.25) is 0 Å². The summed E-state index contributed by atoms with van der Waals surface area (Å²) in [5.74, 6) is 1.79. The number of rotatable bonds is 5. The fraction of sp³-hybridized carbons (Fsp3) is 0.538. The second-order valence-electron chi connectivity index (χ2n) is 4.17. The van der Waals surface area contributed by atoms with E-state index in [0.29, 0.717) is 5.92 Å². The molecule has 15 heavy (non-hydrogen) atoms. The summed E-state index contributed by atoms with van der Waals surface area (Å²) in [5.41, 5.74) is 1.07. The van der Waals surface area contributed by atoms with Crippen LogP contribution in [0.25, 0.3) is 0 Å². The molecular formula is C13H20OS. The number of hydrogen-bond acceptors (Lipinski definition) is 2. The second kappa shape index (κ2) is 6.19. The van der Waals surface area contributed by atoms with Gasteiger partial charge in [0.2, 0.25) is 0 Å². The molecule has 1 aromatic carbocycles. The summed E-state index contributed by atoms with van der Waals surface area (Å²) in [7, 11) is 0. The molecule has 0 heterocycles. The molecule has 84 valence electrons. The molecular weight excluding hydrogens is 204 g/mol. The molecule has 0 saturated carbocycles. The molecule has 0 unspecified atom stereocenters. The van der Waals surface area contributed by atoms with Crippen molar-refractivity contribution in [1.82, 2.24) is 0 Å². The fourth-order valence-electron chi connectivity index (χ4n) is 1.36. The quantitative estimate of drug-likeness (QED) is 0.766. The molecule has 1 rings (SSSR count). The highest BCUT2D eigenvalue weighted by atomic mass is 32.2. The van der Waals surface area contributed by atoms with Crippen LogP contribution in [0.3, 0.4) is 0 Å².